The molecule has 0 N–H and O–H groups in total. The molecule has 1 rings (SSSR count). The van der Waals surface area contributed by atoms with E-state index in [2.05, 4.69) is 0 Å². The molecule has 9 heteroatoms. The minimum Gasteiger partial charge on any atom is -0.287 e. The SMILES string of the molecule is Cc1cccc(C(=O)C(F)(F)C(F)(F)C(F)(F)F)c1Cl. The maximum absolute atomic E-state index is 13.2. The van der Waals surface area contributed by atoms with Crippen LogP contribution in [0.25, 0.3) is 0 Å². The molecule has 0 aromatic heterocycles. The van der Waals surface area contributed by atoms with Crippen molar-refractivity contribution in [2.45, 2.75) is 24.9 Å². The first kappa shape index (κ1) is 16.7. The Bertz CT molecular complexity index is 536. The van der Waals surface area contributed by atoms with Crippen molar-refractivity contribution in [3.63, 3.8) is 0 Å². The lowest BCUT2D eigenvalue weighted by atomic mass is 9.98. The molecule has 20 heavy (non-hydrogen) atoms. The van der Waals surface area contributed by atoms with Crippen LogP contribution in [0.4, 0.5) is 30.7 Å². The first-order chi connectivity index (χ1) is 8.84. The van der Waals surface area contributed by atoms with E-state index in [1.165, 1.54) is 13.0 Å². The molecule has 0 spiro atoms. The maximum Gasteiger partial charge on any atom is 0.460 e. The van der Waals surface area contributed by atoms with Gasteiger partial charge in [0, 0.05) is 5.56 Å². The van der Waals surface area contributed by atoms with Gasteiger partial charge in [0.2, 0.25) is 5.78 Å². The van der Waals surface area contributed by atoms with Crippen LogP contribution in [0.15, 0.2) is 18.2 Å². The number of halogens is 8. The van der Waals surface area contributed by atoms with Gasteiger partial charge in [-0.15, -0.1) is 0 Å². The zero-order valence-corrected chi connectivity index (χ0v) is 10.4. The van der Waals surface area contributed by atoms with Gasteiger partial charge in [0.05, 0.1) is 5.02 Å². The minimum absolute atomic E-state index is 0.0867. The van der Waals surface area contributed by atoms with Gasteiger partial charge >= 0.3 is 18.0 Å². The highest BCUT2D eigenvalue weighted by atomic mass is 35.5. The Balaban J connectivity index is 3.36. The Morgan fingerprint density at radius 1 is 1.05 bits per heavy atom. The highest BCUT2D eigenvalue weighted by Crippen LogP contribution is 2.48. The summed E-state index contributed by atoms with van der Waals surface area (Å²) in [6.07, 6.45) is -6.57. The summed E-state index contributed by atoms with van der Waals surface area (Å²) in [5, 5.41) is -0.602. The Hall–Kier alpha value is -1.31. The molecule has 0 aliphatic heterocycles. The van der Waals surface area contributed by atoms with Crippen molar-refractivity contribution >= 4 is 17.4 Å². The predicted octanol–water partition coefficient (Wildman–Crippen LogP) is 4.66. The first-order valence-electron chi connectivity index (χ1n) is 4.96. The average Bonchev–Trinajstić information content (AvgIpc) is 2.30. The molecule has 1 nitrogen and oxygen atoms in total. The normalized spacial score (nSPS) is 13.4. The second kappa shape index (κ2) is 4.91. The minimum atomic E-state index is -6.57. The van der Waals surface area contributed by atoms with Crippen LogP contribution in [-0.2, 0) is 0 Å². The standard InChI is InChI=1S/C11H6ClF7O/c1-5-3-2-4-6(7(5)12)8(20)9(13,14)10(15,16)11(17,18)19/h2-4H,1H3. The molecule has 1 aromatic carbocycles. The number of hydrogen-bond acceptors (Lipinski definition) is 1. The van der Waals surface area contributed by atoms with Gasteiger partial charge in [-0.2, -0.15) is 30.7 Å². The van der Waals surface area contributed by atoms with E-state index in [0.29, 0.717) is 6.07 Å². The largest absolute Gasteiger partial charge is 0.460 e. The molecule has 0 radical (unpaired) electrons. The van der Waals surface area contributed by atoms with Gasteiger partial charge in [0.1, 0.15) is 0 Å². The lowest BCUT2D eigenvalue weighted by molar-refractivity contribution is -0.339. The average molecular weight is 323 g/mol. The van der Waals surface area contributed by atoms with Crippen molar-refractivity contribution in [2.75, 3.05) is 0 Å². The van der Waals surface area contributed by atoms with Gasteiger partial charge in [-0.3, -0.25) is 4.79 Å². The van der Waals surface area contributed by atoms with Crippen LogP contribution >= 0.6 is 11.6 Å². The summed E-state index contributed by atoms with van der Waals surface area (Å²) in [5.41, 5.74) is -1.01. The number of carbonyl (C=O) groups excluding carboxylic acids is 1. The highest BCUT2D eigenvalue weighted by molar-refractivity contribution is 6.35. The molecule has 0 heterocycles. The zero-order valence-electron chi connectivity index (χ0n) is 9.66. The molecular formula is C11H6ClF7O. The highest BCUT2D eigenvalue weighted by Gasteiger charge is 2.76. The van der Waals surface area contributed by atoms with Gasteiger partial charge in [0.15, 0.2) is 0 Å². The van der Waals surface area contributed by atoms with Crippen molar-refractivity contribution in [2.24, 2.45) is 0 Å². The number of carbonyl (C=O) groups is 1. The van der Waals surface area contributed by atoms with Crippen LogP contribution in [-0.4, -0.2) is 23.8 Å². The molecule has 0 saturated carbocycles. The summed E-state index contributed by atoms with van der Waals surface area (Å²) in [5.74, 6) is -15.1. The van der Waals surface area contributed by atoms with Crippen LogP contribution in [0, 0.1) is 6.92 Å². The third-order valence-electron chi connectivity index (χ3n) is 2.47. The smallest absolute Gasteiger partial charge is 0.287 e. The van der Waals surface area contributed by atoms with Crippen molar-refractivity contribution < 1.29 is 35.5 Å². The van der Waals surface area contributed by atoms with Gasteiger partial charge in [-0.05, 0) is 18.6 Å². The molecular weight excluding hydrogens is 317 g/mol. The topological polar surface area (TPSA) is 17.1 Å². The molecule has 112 valence electrons. The molecule has 0 fully saturated rings. The Kier molecular flexibility index (Phi) is 4.11. The number of Topliss-reactive ketones (excluding diaryl/α,β-unsaturated/α-hetero) is 1. The number of alkyl halides is 7. The van der Waals surface area contributed by atoms with E-state index < -0.39 is 34.4 Å². The van der Waals surface area contributed by atoms with E-state index >= 15 is 0 Å². The summed E-state index contributed by atoms with van der Waals surface area (Å²) >= 11 is 5.48. The van der Waals surface area contributed by atoms with E-state index in [9.17, 15) is 35.5 Å². The van der Waals surface area contributed by atoms with Crippen molar-refractivity contribution in [1.29, 1.82) is 0 Å². The van der Waals surface area contributed by atoms with Crippen LogP contribution < -0.4 is 0 Å². The fourth-order valence-electron chi connectivity index (χ4n) is 1.31. The van der Waals surface area contributed by atoms with E-state index in [1.807, 2.05) is 0 Å². The molecule has 0 aliphatic rings. The Morgan fingerprint density at radius 2 is 1.55 bits per heavy atom. The van der Waals surface area contributed by atoms with Gasteiger partial charge in [-0.25, -0.2) is 0 Å². The number of aryl methyl sites for hydroxylation is 1. The fourth-order valence-corrected chi connectivity index (χ4v) is 1.52. The quantitative estimate of drug-likeness (QED) is 0.584. The summed E-state index contributed by atoms with van der Waals surface area (Å²) in [7, 11) is 0. The summed E-state index contributed by atoms with van der Waals surface area (Å²) in [4.78, 5) is 11.3. The van der Waals surface area contributed by atoms with Gasteiger partial charge < -0.3 is 0 Å². The predicted molar refractivity (Wildman–Crippen MR) is 56.5 cm³/mol. The number of rotatable bonds is 3. The van der Waals surface area contributed by atoms with E-state index in [-0.39, 0.29) is 5.56 Å². The molecule has 0 saturated heterocycles. The van der Waals surface area contributed by atoms with E-state index in [1.54, 1.807) is 0 Å². The monoisotopic (exact) mass is 322 g/mol. The molecule has 0 atom stereocenters. The number of ketones is 1. The Labute approximate surface area is 113 Å². The first-order valence-corrected chi connectivity index (χ1v) is 5.34. The van der Waals surface area contributed by atoms with Crippen LogP contribution in [0.5, 0.6) is 0 Å². The zero-order chi connectivity index (χ0) is 15.9. The third-order valence-corrected chi connectivity index (χ3v) is 2.97. The number of hydrogen-bond donors (Lipinski definition) is 0. The summed E-state index contributed by atoms with van der Waals surface area (Å²) < 4.78 is 87.8. The Morgan fingerprint density at radius 3 is 2.00 bits per heavy atom. The summed E-state index contributed by atoms with van der Waals surface area (Å²) in [6, 6.07) is 2.97. The second-order valence-electron chi connectivity index (χ2n) is 3.91. The number of benzene rings is 1. The van der Waals surface area contributed by atoms with Crippen LogP contribution in [0.2, 0.25) is 5.02 Å². The van der Waals surface area contributed by atoms with E-state index in [0.717, 1.165) is 6.07 Å². The van der Waals surface area contributed by atoms with Crippen LogP contribution in [0.1, 0.15) is 15.9 Å². The van der Waals surface area contributed by atoms with Crippen molar-refractivity contribution in [1.82, 2.24) is 0 Å². The maximum atomic E-state index is 13.2. The van der Waals surface area contributed by atoms with Gasteiger partial charge in [0.25, 0.3) is 0 Å². The molecule has 1 aromatic rings. The lowest BCUT2D eigenvalue weighted by Gasteiger charge is -2.27. The summed E-state index contributed by atoms with van der Waals surface area (Å²) in [6.45, 7) is 1.28. The third kappa shape index (κ3) is 2.48. The molecule has 0 bridgehead atoms. The second-order valence-corrected chi connectivity index (χ2v) is 4.29. The van der Waals surface area contributed by atoms with Gasteiger partial charge in [-0.1, -0.05) is 23.7 Å². The molecule has 0 amide bonds. The van der Waals surface area contributed by atoms with Crippen molar-refractivity contribution in [3.8, 4) is 0 Å². The lowest BCUT2D eigenvalue weighted by Crippen LogP contribution is -2.56. The van der Waals surface area contributed by atoms with Crippen LogP contribution in [0.3, 0.4) is 0 Å². The fraction of sp³-hybridized carbons (Fsp3) is 0.364. The molecule has 0 aliphatic carbocycles. The van der Waals surface area contributed by atoms with E-state index in [4.69, 9.17) is 11.6 Å². The molecule has 0 unspecified atom stereocenters. The van der Waals surface area contributed by atoms with Crippen molar-refractivity contribution in [3.05, 3.63) is 34.3 Å².